The number of aromatic nitrogens is 3. The number of aryl methyl sites for hydroxylation is 1. The molecule has 0 bridgehead atoms. The van der Waals surface area contributed by atoms with Crippen LogP contribution in [-0.2, 0) is 0 Å². The SMILES string of the molecule is Cc1cn2cncc(Br)c2n1. The third-order valence-electron chi connectivity index (χ3n) is 1.45. The molecule has 4 heteroatoms. The van der Waals surface area contributed by atoms with Crippen LogP contribution >= 0.6 is 15.9 Å². The zero-order valence-electron chi connectivity index (χ0n) is 5.95. The van der Waals surface area contributed by atoms with Gasteiger partial charge in [-0.1, -0.05) is 0 Å². The second-order valence-corrected chi connectivity index (χ2v) is 3.21. The first-order valence-electron chi connectivity index (χ1n) is 3.22. The molecule has 11 heavy (non-hydrogen) atoms. The number of nitrogens with zero attached hydrogens (tertiary/aromatic N) is 3. The Hall–Kier alpha value is -0.900. The molecule has 0 radical (unpaired) electrons. The van der Waals surface area contributed by atoms with Crippen molar-refractivity contribution in [2.24, 2.45) is 0 Å². The Morgan fingerprint density at radius 2 is 2.36 bits per heavy atom. The highest BCUT2D eigenvalue weighted by molar-refractivity contribution is 9.10. The van der Waals surface area contributed by atoms with Crippen LogP contribution in [0.25, 0.3) is 5.65 Å². The summed E-state index contributed by atoms with van der Waals surface area (Å²) in [6.07, 6.45) is 5.41. The molecule has 3 nitrogen and oxygen atoms in total. The fraction of sp³-hybridized carbons (Fsp3) is 0.143. The van der Waals surface area contributed by atoms with Crippen molar-refractivity contribution in [2.75, 3.05) is 0 Å². The number of fused-ring (bicyclic) bond motifs is 1. The lowest BCUT2D eigenvalue weighted by Crippen LogP contribution is -1.84. The molecule has 0 N–H and O–H groups in total. The third kappa shape index (κ3) is 1.03. The molecule has 0 aliphatic heterocycles. The minimum atomic E-state index is 0.914. The summed E-state index contributed by atoms with van der Waals surface area (Å²) in [4.78, 5) is 8.29. The number of halogens is 1. The Kier molecular flexibility index (Phi) is 1.42. The highest BCUT2D eigenvalue weighted by atomic mass is 79.9. The molecule has 0 unspecified atom stereocenters. The smallest absolute Gasteiger partial charge is 0.154 e. The molecule has 2 aromatic heterocycles. The standard InChI is InChI=1S/C7H6BrN3/c1-5-3-11-4-9-2-6(8)7(11)10-5/h2-4H,1H3. The predicted octanol–water partition coefficient (Wildman–Crippen LogP) is 1.80. The molecule has 0 amide bonds. The fourth-order valence-electron chi connectivity index (χ4n) is 1.01. The molecule has 0 aromatic carbocycles. The van der Waals surface area contributed by atoms with Crippen LogP contribution in [0.3, 0.4) is 0 Å². The van der Waals surface area contributed by atoms with E-state index in [0.717, 1.165) is 15.8 Å². The summed E-state index contributed by atoms with van der Waals surface area (Å²) in [5.41, 5.74) is 1.91. The van der Waals surface area contributed by atoms with Crippen molar-refractivity contribution in [3.05, 3.63) is 28.9 Å². The van der Waals surface area contributed by atoms with E-state index >= 15 is 0 Å². The molecule has 0 spiro atoms. The molecular weight excluding hydrogens is 206 g/mol. The highest BCUT2D eigenvalue weighted by Gasteiger charge is 2.00. The Bertz CT molecular complexity index is 393. The maximum absolute atomic E-state index is 4.29. The molecule has 0 fully saturated rings. The first kappa shape index (κ1) is 6.79. The van der Waals surface area contributed by atoms with Gasteiger partial charge in [0.2, 0.25) is 0 Å². The van der Waals surface area contributed by atoms with Crippen molar-refractivity contribution in [1.82, 2.24) is 14.4 Å². The Balaban J connectivity index is 2.90. The largest absolute Gasteiger partial charge is 0.289 e. The van der Waals surface area contributed by atoms with Crippen LogP contribution in [0.5, 0.6) is 0 Å². The molecule has 0 atom stereocenters. The highest BCUT2D eigenvalue weighted by Crippen LogP contribution is 2.14. The molecule has 2 rings (SSSR count). The lowest BCUT2D eigenvalue weighted by Gasteiger charge is -1.91. The van der Waals surface area contributed by atoms with Gasteiger partial charge in [0.05, 0.1) is 10.2 Å². The maximum Gasteiger partial charge on any atom is 0.154 e. The van der Waals surface area contributed by atoms with E-state index < -0.39 is 0 Å². The lowest BCUT2D eigenvalue weighted by molar-refractivity contribution is 1.08. The van der Waals surface area contributed by atoms with Gasteiger partial charge in [-0.15, -0.1) is 0 Å². The normalized spacial score (nSPS) is 10.7. The summed E-state index contributed by atoms with van der Waals surface area (Å²) in [5.74, 6) is 0. The number of hydrogen-bond donors (Lipinski definition) is 0. The van der Waals surface area contributed by atoms with E-state index in [4.69, 9.17) is 0 Å². The van der Waals surface area contributed by atoms with E-state index in [9.17, 15) is 0 Å². The van der Waals surface area contributed by atoms with Crippen LogP contribution in [0.2, 0.25) is 0 Å². The Labute approximate surface area is 72.2 Å². The van der Waals surface area contributed by atoms with Crippen molar-refractivity contribution in [1.29, 1.82) is 0 Å². The van der Waals surface area contributed by atoms with E-state index in [2.05, 4.69) is 25.9 Å². The average Bonchev–Trinajstić information content (AvgIpc) is 2.31. The van der Waals surface area contributed by atoms with Gasteiger partial charge in [0, 0.05) is 12.4 Å². The molecule has 0 aliphatic carbocycles. The van der Waals surface area contributed by atoms with E-state index in [1.165, 1.54) is 0 Å². The van der Waals surface area contributed by atoms with Crippen molar-refractivity contribution in [3.63, 3.8) is 0 Å². The van der Waals surface area contributed by atoms with Gasteiger partial charge in [-0.3, -0.25) is 4.40 Å². The molecule has 0 aliphatic rings. The Morgan fingerprint density at radius 3 is 3.09 bits per heavy atom. The zero-order chi connectivity index (χ0) is 7.84. The second-order valence-electron chi connectivity index (χ2n) is 2.35. The van der Waals surface area contributed by atoms with Crippen LogP contribution in [0.15, 0.2) is 23.2 Å². The monoisotopic (exact) mass is 211 g/mol. The van der Waals surface area contributed by atoms with Gasteiger partial charge >= 0.3 is 0 Å². The van der Waals surface area contributed by atoms with Gasteiger partial charge in [-0.25, -0.2) is 9.97 Å². The summed E-state index contributed by atoms with van der Waals surface area (Å²) in [6.45, 7) is 1.96. The van der Waals surface area contributed by atoms with Gasteiger partial charge in [0.15, 0.2) is 5.65 Å². The zero-order valence-corrected chi connectivity index (χ0v) is 7.54. The first-order valence-corrected chi connectivity index (χ1v) is 4.01. The van der Waals surface area contributed by atoms with Crippen LogP contribution < -0.4 is 0 Å². The van der Waals surface area contributed by atoms with E-state index in [0.29, 0.717) is 0 Å². The fourth-order valence-corrected chi connectivity index (χ4v) is 1.42. The molecule has 0 saturated carbocycles. The Morgan fingerprint density at radius 1 is 1.55 bits per heavy atom. The lowest BCUT2D eigenvalue weighted by atomic mass is 10.6. The van der Waals surface area contributed by atoms with Crippen LogP contribution in [0, 0.1) is 6.92 Å². The molecule has 2 aromatic rings. The minimum Gasteiger partial charge on any atom is -0.289 e. The van der Waals surface area contributed by atoms with E-state index in [1.807, 2.05) is 17.5 Å². The minimum absolute atomic E-state index is 0.914. The van der Waals surface area contributed by atoms with Crippen molar-refractivity contribution >= 4 is 21.6 Å². The summed E-state index contributed by atoms with van der Waals surface area (Å²) >= 11 is 3.36. The van der Waals surface area contributed by atoms with Crippen LogP contribution in [0.4, 0.5) is 0 Å². The number of imidazole rings is 1. The van der Waals surface area contributed by atoms with Gasteiger partial charge in [0.25, 0.3) is 0 Å². The van der Waals surface area contributed by atoms with Crippen LogP contribution in [-0.4, -0.2) is 14.4 Å². The summed E-state index contributed by atoms with van der Waals surface area (Å²) in [6, 6.07) is 0. The summed E-state index contributed by atoms with van der Waals surface area (Å²) < 4.78 is 2.81. The molecule has 0 saturated heterocycles. The van der Waals surface area contributed by atoms with Crippen molar-refractivity contribution in [3.8, 4) is 0 Å². The molecule has 56 valence electrons. The predicted molar refractivity (Wildman–Crippen MR) is 45.4 cm³/mol. The van der Waals surface area contributed by atoms with E-state index in [-0.39, 0.29) is 0 Å². The quantitative estimate of drug-likeness (QED) is 0.666. The number of rotatable bonds is 0. The van der Waals surface area contributed by atoms with Crippen molar-refractivity contribution < 1.29 is 0 Å². The molecular formula is C7H6BrN3. The first-order chi connectivity index (χ1) is 5.27. The van der Waals surface area contributed by atoms with Crippen molar-refractivity contribution in [2.45, 2.75) is 6.92 Å². The second kappa shape index (κ2) is 2.30. The summed E-state index contributed by atoms with van der Waals surface area (Å²) in [5, 5.41) is 0. The molecule has 2 heterocycles. The summed E-state index contributed by atoms with van der Waals surface area (Å²) in [7, 11) is 0. The maximum atomic E-state index is 4.29. The average molecular weight is 212 g/mol. The van der Waals surface area contributed by atoms with Gasteiger partial charge in [-0.2, -0.15) is 0 Å². The van der Waals surface area contributed by atoms with Crippen LogP contribution in [0.1, 0.15) is 5.69 Å². The van der Waals surface area contributed by atoms with Gasteiger partial charge < -0.3 is 0 Å². The van der Waals surface area contributed by atoms with Gasteiger partial charge in [-0.05, 0) is 22.9 Å². The van der Waals surface area contributed by atoms with E-state index in [1.54, 1.807) is 12.5 Å². The topological polar surface area (TPSA) is 30.2 Å². The van der Waals surface area contributed by atoms with Gasteiger partial charge in [0.1, 0.15) is 6.33 Å². The third-order valence-corrected chi connectivity index (χ3v) is 2.00. The number of hydrogen-bond acceptors (Lipinski definition) is 2.